The lowest BCUT2D eigenvalue weighted by atomic mass is 9.84. The molecular formula is C45H37N5. The molecule has 7 aromatic rings. The van der Waals surface area contributed by atoms with Crippen molar-refractivity contribution in [3.05, 3.63) is 176 Å². The van der Waals surface area contributed by atoms with Gasteiger partial charge in [0.1, 0.15) is 0 Å². The number of hydrogen-bond acceptors (Lipinski definition) is 5. The molecule has 4 aromatic heterocycles. The summed E-state index contributed by atoms with van der Waals surface area (Å²) in [6, 6.07) is 36.6. The molecule has 0 amide bonds. The molecule has 0 aliphatic carbocycles. The van der Waals surface area contributed by atoms with Gasteiger partial charge in [0.25, 0.3) is 0 Å². The first kappa shape index (κ1) is 32.1. The number of pyridine rings is 4. The number of aryl methyl sites for hydroxylation is 1. The van der Waals surface area contributed by atoms with E-state index in [9.17, 15) is 0 Å². The van der Waals surface area contributed by atoms with Crippen LogP contribution in [-0.2, 0) is 0 Å². The van der Waals surface area contributed by atoms with Gasteiger partial charge in [-0.25, -0.2) is 0 Å². The predicted molar refractivity (Wildman–Crippen MR) is 207 cm³/mol. The van der Waals surface area contributed by atoms with Crippen LogP contribution in [0.25, 0.3) is 72.3 Å². The topological polar surface area (TPSA) is 63.6 Å². The molecule has 1 N–H and O–H groups in total. The van der Waals surface area contributed by atoms with Crippen molar-refractivity contribution in [3.8, 4) is 66.8 Å². The van der Waals surface area contributed by atoms with Gasteiger partial charge in [-0.1, -0.05) is 36.4 Å². The molecule has 0 unspecified atom stereocenters. The highest BCUT2D eigenvalue weighted by molar-refractivity contribution is 5.98. The molecule has 0 radical (unpaired) electrons. The largest absolute Gasteiger partial charge is 0.394 e. The van der Waals surface area contributed by atoms with E-state index in [0.29, 0.717) is 0 Å². The molecule has 0 saturated heterocycles. The van der Waals surface area contributed by atoms with Crippen LogP contribution < -0.4 is 5.32 Å². The molecule has 7 rings (SSSR count). The maximum absolute atomic E-state index is 5.10. The zero-order valence-corrected chi connectivity index (χ0v) is 28.4. The van der Waals surface area contributed by atoms with E-state index in [1.807, 2.05) is 56.6 Å². The van der Waals surface area contributed by atoms with Gasteiger partial charge < -0.3 is 5.32 Å². The van der Waals surface area contributed by atoms with Gasteiger partial charge in [0.05, 0.1) is 0 Å². The Kier molecular flexibility index (Phi) is 9.47. The highest BCUT2D eigenvalue weighted by Gasteiger charge is 2.20. The zero-order valence-electron chi connectivity index (χ0n) is 28.4. The monoisotopic (exact) mass is 647 g/mol. The van der Waals surface area contributed by atoms with Crippen molar-refractivity contribution in [3.63, 3.8) is 0 Å². The Morgan fingerprint density at radius 1 is 0.540 bits per heavy atom. The number of hydrogen-bond donors (Lipinski definition) is 1. The van der Waals surface area contributed by atoms with Gasteiger partial charge in [-0.05, 0) is 160 Å². The van der Waals surface area contributed by atoms with Crippen LogP contribution in [0.1, 0.15) is 18.2 Å². The van der Waals surface area contributed by atoms with Crippen molar-refractivity contribution in [1.29, 1.82) is 0 Å². The minimum atomic E-state index is 0.955. The van der Waals surface area contributed by atoms with E-state index >= 15 is 0 Å². The summed E-state index contributed by atoms with van der Waals surface area (Å²) in [5, 5.41) is 3.14. The number of benzene rings is 3. The van der Waals surface area contributed by atoms with Gasteiger partial charge in [-0.2, -0.15) is 0 Å². The summed E-state index contributed by atoms with van der Waals surface area (Å²) in [5.41, 5.74) is 16.4. The first-order valence-corrected chi connectivity index (χ1v) is 16.7. The normalized spacial score (nSPS) is 11.5. The molecule has 0 spiro atoms. The number of aromatic nitrogens is 4. The van der Waals surface area contributed by atoms with Gasteiger partial charge in [-0.15, -0.1) is 0 Å². The quantitative estimate of drug-likeness (QED) is 0.158. The van der Waals surface area contributed by atoms with Gasteiger partial charge in [0.15, 0.2) is 0 Å². The summed E-state index contributed by atoms with van der Waals surface area (Å²) >= 11 is 0. The minimum Gasteiger partial charge on any atom is -0.394 e. The van der Waals surface area contributed by atoms with Crippen molar-refractivity contribution >= 4 is 5.57 Å². The van der Waals surface area contributed by atoms with Gasteiger partial charge in [0.2, 0.25) is 0 Å². The highest BCUT2D eigenvalue weighted by atomic mass is 14.8. The van der Waals surface area contributed by atoms with Crippen LogP contribution in [0.15, 0.2) is 165 Å². The van der Waals surface area contributed by atoms with Gasteiger partial charge >= 0.3 is 0 Å². The van der Waals surface area contributed by atoms with E-state index in [1.54, 1.807) is 0 Å². The molecule has 50 heavy (non-hydrogen) atoms. The molecular weight excluding hydrogens is 611 g/mol. The highest BCUT2D eigenvalue weighted by Crippen LogP contribution is 2.44. The molecule has 0 aliphatic rings. The first-order chi connectivity index (χ1) is 24.6. The Labute approximate surface area is 293 Å². The molecule has 0 fully saturated rings. The SMILES string of the molecule is C/C=C(\C=C/NC)c1cc(-c2ccncc2)cc(-c2cnc(C)c(-c3cc(-c4ccncc4)cc(-c4ccncc4)c3)c2-c2ccccc2)c1. The molecule has 242 valence electrons. The van der Waals surface area contributed by atoms with Crippen LogP contribution >= 0.6 is 0 Å². The van der Waals surface area contributed by atoms with Crippen LogP contribution in [0.2, 0.25) is 0 Å². The third-order valence-electron chi connectivity index (χ3n) is 8.91. The predicted octanol–water partition coefficient (Wildman–Crippen LogP) is 10.7. The molecule has 4 heterocycles. The molecule has 0 atom stereocenters. The maximum Gasteiger partial charge on any atom is 0.0457 e. The van der Waals surface area contributed by atoms with Crippen LogP contribution in [0.5, 0.6) is 0 Å². The fourth-order valence-corrected chi connectivity index (χ4v) is 6.47. The second-order valence-electron chi connectivity index (χ2n) is 12.0. The standard InChI is InChI=1S/C45H37N5/c1-4-32(10-17-46-3)37-24-38(33-11-18-47-19-12-33)27-41(26-37)43-30-50-31(2)44(45(43)36-8-6-5-7-9-36)42-28-39(34-13-20-48-21-14-34)25-40(29-42)35-15-22-49-23-16-35/h4-30,46H,1-3H3/b17-10-,32-4+. The van der Waals surface area contributed by atoms with Gasteiger partial charge in [0, 0.05) is 72.8 Å². The Hall–Kier alpha value is -6.46. The molecule has 5 nitrogen and oxygen atoms in total. The fourth-order valence-electron chi connectivity index (χ4n) is 6.47. The van der Waals surface area contributed by atoms with Crippen LogP contribution in [0.4, 0.5) is 0 Å². The van der Waals surface area contributed by atoms with Crippen LogP contribution in [0.3, 0.4) is 0 Å². The van der Waals surface area contributed by atoms with Crippen LogP contribution in [-0.4, -0.2) is 27.0 Å². The van der Waals surface area contributed by atoms with Crippen LogP contribution in [0, 0.1) is 6.92 Å². The second-order valence-corrected chi connectivity index (χ2v) is 12.0. The van der Waals surface area contributed by atoms with E-state index in [1.165, 1.54) is 0 Å². The lowest BCUT2D eigenvalue weighted by molar-refractivity contribution is 1.10. The fraction of sp³-hybridized carbons (Fsp3) is 0.0667. The minimum absolute atomic E-state index is 0.955. The second kappa shape index (κ2) is 14.8. The van der Waals surface area contributed by atoms with Crippen molar-refractivity contribution in [2.45, 2.75) is 13.8 Å². The van der Waals surface area contributed by atoms with E-state index in [-0.39, 0.29) is 0 Å². The van der Waals surface area contributed by atoms with Crippen molar-refractivity contribution in [2.75, 3.05) is 7.05 Å². The lowest BCUT2D eigenvalue weighted by Gasteiger charge is -2.20. The summed E-state index contributed by atoms with van der Waals surface area (Å²) in [4.78, 5) is 18.0. The number of nitrogens with one attached hydrogen (secondary N) is 1. The molecule has 0 aliphatic heterocycles. The molecule has 5 heteroatoms. The third kappa shape index (κ3) is 6.75. The Morgan fingerprint density at radius 2 is 1.04 bits per heavy atom. The average Bonchev–Trinajstić information content (AvgIpc) is 3.19. The Bertz CT molecular complexity index is 2240. The summed E-state index contributed by atoms with van der Waals surface area (Å²) in [6.45, 7) is 4.18. The van der Waals surface area contributed by atoms with Crippen molar-refractivity contribution in [2.24, 2.45) is 0 Å². The van der Waals surface area contributed by atoms with Crippen molar-refractivity contribution in [1.82, 2.24) is 25.3 Å². The molecule has 0 saturated carbocycles. The maximum atomic E-state index is 5.10. The summed E-state index contributed by atoms with van der Waals surface area (Å²) in [6.07, 6.45) is 19.3. The summed E-state index contributed by atoms with van der Waals surface area (Å²) < 4.78 is 0. The Balaban J connectivity index is 1.53. The van der Waals surface area contributed by atoms with E-state index in [2.05, 4.69) is 149 Å². The first-order valence-electron chi connectivity index (χ1n) is 16.7. The number of nitrogens with zero attached hydrogens (tertiary/aromatic N) is 4. The molecule has 3 aromatic carbocycles. The van der Waals surface area contributed by atoms with E-state index < -0.39 is 0 Å². The molecule has 0 bridgehead atoms. The summed E-state index contributed by atoms with van der Waals surface area (Å²) in [5.74, 6) is 0. The van der Waals surface area contributed by atoms with E-state index in [4.69, 9.17) is 4.98 Å². The zero-order chi connectivity index (χ0) is 34.3. The lowest BCUT2D eigenvalue weighted by Crippen LogP contribution is -1.98. The number of allylic oxidation sites excluding steroid dienone is 3. The van der Waals surface area contributed by atoms with Crippen molar-refractivity contribution < 1.29 is 0 Å². The average molecular weight is 648 g/mol. The smallest absolute Gasteiger partial charge is 0.0457 e. The van der Waals surface area contributed by atoms with Gasteiger partial charge in [-0.3, -0.25) is 19.9 Å². The van der Waals surface area contributed by atoms with E-state index in [0.717, 1.165) is 83.6 Å². The Morgan fingerprint density at radius 3 is 1.58 bits per heavy atom. The number of rotatable bonds is 9. The third-order valence-corrected chi connectivity index (χ3v) is 8.91. The summed E-state index contributed by atoms with van der Waals surface area (Å²) in [7, 11) is 1.91.